The number of halogens is 2. The first-order valence-electron chi connectivity index (χ1n) is 7.00. The molecule has 0 spiro atoms. The predicted molar refractivity (Wildman–Crippen MR) is 86.3 cm³/mol. The van der Waals surface area contributed by atoms with Gasteiger partial charge in [0.25, 0.3) is 5.91 Å². The molecule has 6 heteroatoms. The molecule has 0 aromatic heterocycles. The Morgan fingerprint density at radius 1 is 1.26 bits per heavy atom. The van der Waals surface area contributed by atoms with Gasteiger partial charge in [0.2, 0.25) is 0 Å². The maximum atomic E-state index is 13.9. The van der Waals surface area contributed by atoms with E-state index in [-0.39, 0.29) is 5.56 Å². The van der Waals surface area contributed by atoms with E-state index in [1.165, 1.54) is 19.2 Å². The van der Waals surface area contributed by atoms with Crippen LogP contribution in [0.4, 0.5) is 4.39 Å². The van der Waals surface area contributed by atoms with Crippen molar-refractivity contribution in [2.75, 3.05) is 7.11 Å². The number of benzene rings is 2. The number of aliphatic hydroxyl groups excluding tert-OH is 1. The summed E-state index contributed by atoms with van der Waals surface area (Å²) in [6.45, 7) is 1.64. The van der Waals surface area contributed by atoms with E-state index >= 15 is 0 Å². The molecule has 0 saturated heterocycles. The normalized spacial score (nSPS) is 13.3. The Bertz CT molecular complexity index is 691. The van der Waals surface area contributed by atoms with Crippen molar-refractivity contribution in [2.45, 2.75) is 19.1 Å². The van der Waals surface area contributed by atoms with Gasteiger partial charge in [-0.3, -0.25) is 4.79 Å². The summed E-state index contributed by atoms with van der Waals surface area (Å²) in [7, 11) is 1.42. The summed E-state index contributed by atoms with van der Waals surface area (Å²) in [5, 5.41) is 13.4. The van der Waals surface area contributed by atoms with Crippen molar-refractivity contribution in [1.29, 1.82) is 0 Å². The fourth-order valence-corrected chi connectivity index (χ4v) is 2.25. The van der Waals surface area contributed by atoms with Crippen LogP contribution < -0.4 is 10.1 Å². The van der Waals surface area contributed by atoms with Crippen LogP contribution in [0.1, 0.15) is 28.9 Å². The zero-order valence-electron chi connectivity index (χ0n) is 12.7. The van der Waals surface area contributed by atoms with Crippen molar-refractivity contribution in [1.82, 2.24) is 5.32 Å². The Labute approximate surface area is 138 Å². The van der Waals surface area contributed by atoms with E-state index in [9.17, 15) is 14.3 Å². The summed E-state index contributed by atoms with van der Waals surface area (Å²) in [6, 6.07) is 10.0. The van der Waals surface area contributed by atoms with E-state index in [1.54, 1.807) is 31.2 Å². The highest BCUT2D eigenvalue weighted by molar-refractivity contribution is 6.30. The average molecular weight is 338 g/mol. The van der Waals surface area contributed by atoms with E-state index in [0.29, 0.717) is 16.3 Å². The molecule has 0 aliphatic rings. The van der Waals surface area contributed by atoms with Crippen LogP contribution in [-0.4, -0.2) is 24.2 Å². The van der Waals surface area contributed by atoms with Gasteiger partial charge in [0.05, 0.1) is 24.8 Å². The number of aliphatic hydroxyl groups is 1. The molecule has 2 unspecified atom stereocenters. The topological polar surface area (TPSA) is 58.6 Å². The Morgan fingerprint density at radius 3 is 2.48 bits per heavy atom. The highest BCUT2D eigenvalue weighted by Gasteiger charge is 2.21. The van der Waals surface area contributed by atoms with Gasteiger partial charge in [-0.2, -0.15) is 0 Å². The smallest absolute Gasteiger partial charge is 0.254 e. The number of carbonyl (C=O) groups is 1. The van der Waals surface area contributed by atoms with Crippen LogP contribution in [0.5, 0.6) is 5.75 Å². The van der Waals surface area contributed by atoms with Crippen molar-refractivity contribution in [3.63, 3.8) is 0 Å². The highest BCUT2D eigenvalue weighted by Crippen LogP contribution is 2.20. The summed E-state index contributed by atoms with van der Waals surface area (Å²) in [4.78, 5) is 12.1. The lowest BCUT2D eigenvalue weighted by molar-refractivity contribution is 0.0848. The Morgan fingerprint density at radius 2 is 1.91 bits per heavy atom. The molecule has 0 saturated carbocycles. The second-order valence-electron chi connectivity index (χ2n) is 5.10. The molecule has 2 atom stereocenters. The molecule has 0 fully saturated rings. The van der Waals surface area contributed by atoms with E-state index in [1.807, 2.05) is 0 Å². The Kier molecular flexibility index (Phi) is 5.58. The molecule has 2 rings (SSSR count). The van der Waals surface area contributed by atoms with Crippen LogP contribution in [-0.2, 0) is 0 Å². The zero-order chi connectivity index (χ0) is 17.0. The van der Waals surface area contributed by atoms with Crippen LogP contribution in [0.2, 0.25) is 5.02 Å². The van der Waals surface area contributed by atoms with Gasteiger partial charge >= 0.3 is 0 Å². The van der Waals surface area contributed by atoms with E-state index in [4.69, 9.17) is 16.3 Å². The third-order valence-corrected chi connectivity index (χ3v) is 3.72. The fraction of sp³-hybridized carbons (Fsp3) is 0.235. The lowest BCUT2D eigenvalue weighted by Crippen LogP contribution is -2.37. The molecule has 2 aromatic rings. The molecule has 2 N–H and O–H groups in total. The molecule has 122 valence electrons. The number of hydrogen-bond donors (Lipinski definition) is 2. The largest absolute Gasteiger partial charge is 0.497 e. The molecule has 0 aliphatic heterocycles. The number of hydrogen-bond acceptors (Lipinski definition) is 3. The van der Waals surface area contributed by atoms with Crippen LogP contribution in [0, 0.1) is 5.82 Å². The van der Waals surface area contributed by atoms with Gasteiger partial charge in [-0.15, -0.1) is 0 Å². The number of rotatable bonds is 5. The number of methoxy groups -OCH3 is 1. The minimum absolute atomic E-state index is 0.110. The second-order valence-corrected chi connectivity index (χ2v) is 5.54. The standard InChI is InChI=1S/C17H17ClFNO3/c1-10(16(21)11-3-5-12(18)6-4-11)20-17(22)14-8-7-13(23-2)9-15(14)19/h3-10,16,21H,1-2H3,(H,20,22). The second kappa shape index (κ2) is 7.44. The van der Waals surface area contributed by atoms with E-state index in [2.05, 4.69) is 5.32 Å². The SMILES string of the molecule is COc1ccc(C(=O)NC(C)C(O)c2ccc(Cl)cc2)c(F)c1. The van der Waals surface area contributed by atoms with Crippen molar-refractivity contribution in [2.24, 2.45) is 0 Å². The molecule has 0 heterocycles. The first kappa shape index (κ1) is 17.2. The van der Waals surface area contributed by atoms with Gasteiger partial charge < -0.3 is 15.2 Å². The quantitative estimate of drug-likeness (QED) is 0.879. The Balaban J connectivity index is 2.08. The Hall–Kier alpha value is -2.11. The van der Waals surface area contributed by atoms with Gasteiger partial charge in [0.15, 0.2) is 0 Å². The molecule has 2 aromatic carbocycles. The first-order chi connectivity index (χ1) is 10.9. The van der Waals surface area contributed by atoms with Crippen LogP contribution in [0.15, 0.2) is 42.5 Å². The maximum Gasteiger partial charge on any atom is 0.254 e. The van der Waals surface area contributed by atoms with Crippen LogP contribution in [0.3, 0.4) is 0 Å². The molecule has 0 aliphatic carbocycles. The van der Waals surface area contributed by atoms with Gasteiger partial charge in [-0.05, 0) is 36.8 Å². The van der Waals surface area contributed by atoms with Crippen molar-refractivity contribution >= 4 is 17.5 Å². The van der Waals surface area contributed by atoms with Gasteiger partial charge in [0.1, 0.15) is 11.6 Å². The highest BCUT2D eigenvalue weighted by atomic mass is 35.5. The maximum absolute atomic E-state index is 13.9. The first-order valence-corrected chi connectivity index (χ1v) is 7.38. The monoisotopic (exact) mass is 337 g/mol. The lowest BCUT2D eigenvalue weighted by Gasteiger charge is -2.21. The molecule has 23 heavy (non-hydrogen) atoms. The molecule has 1 amide bonds. The molecule has 0 radical (unpaired) electrons. The number of carbonyl (C=O) groups excluding carboxylic acids is 1. The van der Waals surface area contributed by atoms with Crippen molar-refractivity contribution in [3.05, 3.63) is 64.4 Å². The third kappa shape index (κ3) is 4.21. The van der Waals surface area contributed by atoms with E-state index in [0.717, 1.165) is 6.07 Å². The third-order valence-electron chi connectivity index (χ3n) is 3.46. The molecule has 0 bridgehead atoms. The summed E-state index contributed by atoms with van der Waals surface area (Å²) >= 11 is 5.80. The van der Waals surface area contributed by atoms with Gasteiger partial charge in [-0.1, -0.05) is 23.7 Å². The minimum Gasteiger partial charge on any atom is -0.497 e. The number of ether oxygens (including phenoxy) is 1. The fourth-order valence-electron chi connectivity index (χ4n) is 2.12. The number of amides is 1. The average Bonchev–Trinajstić information content (AvgIpc) is 2.54. The van der Waals surface area contributed by atoms with Gasteiger partial charge in [-0.25, -0.2) is 4.39 Å². The van der Waals surface area contributed by atoms with Crippen molar-refractivity contribution < 1.29 is 19.0 Å². The van der Waals surface area contributed by atoms with Crippen molar-refractivity contribution in [3.8, 4) is 5.75 Å². The predicted octanol–water partition coefficient (Wildman–Crippen LogP) is 3.34. The lowest BCUT2D eigenvalue weighted by atomic mass is 10.0. The minimum atomic E-state index is -0.933. The summed E-state index contributed by atoms with van der Waals surface area (Å²) in [5.41, 5.74) is 0.498. The number of nitrogens with one attached hydrogen (secondary N) is 1. The molecular weight excluding hydrogens is 321 g/mol. The summed E-state index contributed by atoms with van der Waals surface area (Å²) in [5.74, 6) is -0.964. The van der Waals surface area contributed by atoms with Crippen LogP contribution in [0.25, 0.3) is 0 Å². The molecular formula is C17H17ClFNO3. The zero-order valence-corrected chi connectivity index (χ0v) is 13.5. The summed E-state index contributed by atoms with van der Waals surface area (Å²) < 4.78 is 18.8. The molecule has 4 nitrogen and oxygen atoms in total. The van der Waals surface area contributed by atoms with Crippen LogP contribution >= 0.6 is 11.6 Å². The van der Waals surface area contributed by atoms with E-state index < -0.39 is 23.9 Å². The van der Waals surface area contributed by atoms with Gasteiger partial charge in [0, 0.05) is 11.1 Å². The summed E-state index contributed by atoms with van der Waals surface area (Å²) in [6.07, 6.45) is -0.933.